The molecule has 2 N–H and O–H groups in total. The summed E-state index contributed by atoms with van der Waals surface area (Å²) in [4.78, 5) is 16.8. The lowest BCUT2D eigenvalue weighted by Crippen LogP contribution is -2.32. The molecule has 0 aromatic carbocycles. The van der Waals surface area contributed by atoms with E-state index in [4.69, 9.17) is 0 Å². The number of carbonyl (C=O) groups is 1. The number of amides is 1. The van der Waals surface area contributed by atoms with Crippen molar-refractivity contribution >= 4 is 29.7 Å². The van der Waals surface area contributed by atoms with Crippen molar-refractivity contribution in [3.8, 4) is 0 Å². The third-order valence-electron chi connectivity index (χ3n) is 4.05. The van der Waals surface area contributed by atoms with Crippen molar-refractivity contribution in [3.63, 3.8) is 0 Å². The zero-order chi connectivity index (χ0) is 16.2. The first-order chi connectivity index (χ1) is 11.1. The maximum Gasteiger partial charge on any atom is 0.272 e. The van der Waals surface area contributed by atoms with Crippen molar-refractivity contribution < 1.29 is 4.79 Å². The van der Waals surface area contributed by atoms with Gasteiger partial charge < -0.3 is 10.6 Å². The van der Waals surface area contributed by atoms with Gasteiger partial charge in [-0.3, -0.25) is 9.48 Å². The molecule has 0 saturated carbocycles. The summed E-state index contributed by atoms with van der Waals surface area (Å²) in [5, 5.41) is 13.7. The maximum absolute atomic E-state index is 12.2. The Kier molecular flexibility index (Phi) is 6.77. The smallest absolute Gasteiger partial charge is 0.272 e. The lowest BCUT2D eigenvalue weighted by molar-refractivity contribution is 0.0944. The molecule has 2 aromatic heterocycles. The SMILES string of the molecule is CC(C)c1csc(CNC(=O)c2ccn(C3CCCNC3)n2)n1.Cl. The van der Waals surface area contributed by atoms with E-state index >= 15 is 0 Å². The molecule has 1 atom stereocenters. The minimum absolute atomic E-state index is 0. The Bertz CT molecular complexity index is 663. The van der Waals surface area contributed by atoms with Gasteiger partial charge in [0, 0.05) is 18.1 Å². The van der Waals surface area contributed by atoms with Crippen LogP contribution in [0.3, 0.4) is 0 Å². The third-order valence-corrected chi connectivity index (χ3v) is 4.91. The molecule has 2 aromatic rings. The Hall–Kier alpha value is -1.44. The number of hydrogen-bond acceptors (Lipinski definition) is 5. The molecule has 6 nitrogen and oxygen atoms in total. The zero-order valence-corrected chi connectivity index (χ0v) is 15.6. The van der Waals surface area contributed by atoms with Crippen LogP contribution in [-0.2, 0) is 6.54 Å². The number of piperidine rings is 1. The molecule has 1 aliphatic heterocycles. The van der Waals surface area contributed by atoms with E-state index in [1.54, 1.807) is 17.4 Å². The summed E-state index contributed by atoms with van der Waals surface area (Å²) in [6, 6.07) is 2.13. The molecule has 3 rings (SSSR count). The average molecular weight is 370 g/mol. The van der Waals surface area contributed by atoms with Crippen LogP contribution in [-0.4, -0.2) is 33.8 Å². The van der Waals surface area contributed by atoms with E-state index < -0.39 is 0 Å². The molecular formula is C16H24ClN5OS. The number of thiazole rings is 1. The fourth-order valence-electron chi connectivity index (χ4n) is 2.64. The van der Waals surface area contributed by atoms with Gasteiger partial charge in [0.1, 0.15) is 10.7 Å². The summed E-state index contributed by atoms with van der Waals surface area (Å²) in [5.41, 5.74) is 1.55. The number of hydrogen-bond donors (Lipinski definition) is 2. The molecule has 3 heterocycles. The molecule has 132 valence electrons. The number of aromatic nitrogens is 3. The fourth-order valence-corrected chi connectivity index (χ4v) is 3.53. The van der Waals surface area contributed by atoms with Crippen LogP contribution in [0.4, 0.5) is 0 Å². The standard InChI is InChI=1S/C16H23N5OS.ClH/c1-11(2)14-10-23-15(19-14)9-18-16(22)13-5-7-21(20-13)12-4-3-6-17-8-12;/h5,7,10-12,17H,3-4,6,8-9H2,1-2H3,(H,18,22);1H. The second-order valence-corrected chi connectivity index (χ2v) is 7.13. The van der Waals surface area contributed by atoms with Gasteiger partial charge >= 0.3 is 0 Å². The van der Waals surface area contributed by atoms with Crippen LogP contribution in [0.2, 0.25) is 0 Å². The summed E-state index contributed by atoms with van der Waals surface area (Å²) in [6.45, 7) is 6.67. The molecule has 8 heteroatoms. The van der Waals surface area contributed by atoms with Gasteiger partial charge in [0.2, 0.25) is 0 Å². The largest absolute Gasteiger partial charge is 0.344 e. The predicted molar refractivity (Wildman–Crippen MR) is 98.0 cm³/mol. The molecule has 0 bridgehead atoms. The summed E-state index contributed by atoms with van der Waals surface area (Å²) in [6.07, 6.45) is 4.15. The van der Waals surface area contributed by atoms with Crippen molar-refractivity contribution in [2.75, 3.05) is 13.1 Å². The quantitative estimate of drug-likeness (QED) is 0.850. The first kappa shape index (κ1) is 18.9. The highest BCUT2D eigenvalue weighted by atomic mass is 35.5. The van der Waals surface area contributed by atoms with Crippen LogP contribution in [0.5, 0.6) is 0 Å². The number of rotatable bonds is 5. The Balaban J connectivity index is 0.00000208. The molecule has 1 saturated heterocycles. The number of nitrogens with zero attached hydrogens (tertiary/aromatic N) is 3. The summed E-state index contributed by atoms with van der Waals surface area (Å²) in [7, 11) is 0. The van der Waals surface area contributed by atoms with Crippen molar-refractivity contribution in [1.82, 2.24) is 25.4 Å². The second kappa shape index (κ2) is 8.60. The first-order valence-electron chi connectivity index (χ1n) is 8.12. The molecule has 1 aliphatic rings. The Labute approximate surface area is 152 Å². The van der Waals surface area contributed by atoms with Crippen LogP contribution in [0.1, 0.15) is 59.8 Å². The fraction of sp³-hybridized carbons (Fsp3) is 0.562. The summed E-state index contributed by atoms with van der Waals surface area (Å²) >= 11 is 1.58. The summed E-state index contributed by atoms with van der Waals surface area (Å²) < 4.78 is 1.90. The average Bonchev–Trinajstić information content (AvgIpc) is 3.23. The number of nitrogens with one attached hydrogen (secondary N) is 2. The van der Waals surface area contributed by atoms with Crippen molar-refractivity contribution in [2.45, 2.75) is 45.2 Å². The van der Waals surface area contributed by atoms with E-state index in [0.29, 0.717) is 24.2 Å². The van der Waals surface area contributed by atoms with Gasteiger partial charge in [-0.2, -0.15) is 5.10 Å². The van der Waals surface area contributed by atoms with Crippen molar-refractivity contribution in [3.05, 3.63) is 34.0 Å². The topological polar surface area (TPSA) is 71.8 Å². The van der Waals surface area contributed by atoms with Gasteiger partial charge in [-0.15, -0.1) is 23.7 Å². The lowest BCUT2D eigenvalue weighted by atomic mass is 10.1. The van der Waals surface area contributed by atoms with Crippen LogP contribution in [0, 0.1) is 0 Å². The molecule has 24 heavy (non-hydrogen) atoms. The Morgan fingerprint density at radius 3 is 3.04 bits per heavy atom. The third kappa shape index (κ3) is 4.55. The predicted octanol–water partition coefficient (Wildman–Crippen LogP) is 2.74. The van der Waals surface area contributed by atoms with Crippen molar-refractivity contribution in [2.24, 2.45) is 0 Å². The minimum Gasteiger partial charge on any atom is -0.344 e. The maximum atomic E-state index is 12.2. The van der Waals surface area contributed by atoms with E-state index in [-0.39, 0.29) is 18.3 Å². The zero-order valence-electron chi connectivity index (χ0n) is 14.0. The van der Waals surface area contributed by atoms with Gasteiger partial charge in [-0.25, -0.2) is 4.98 Å². The molecule has 1 amide bonds. The second-order valence-electron chi connectivity index (χ2n) is 6.18. The highest BCUT2D eigenvalue weighted by Crippen LogP contribution is 2.18. The van der Waals surface area contributed by atoms with E-state index in [9.17, 15) is 4.79 Å². The minimum atomic E-state index is -0.145. The molecule has 1 fully saturated rings. The van der Waals surface area contributed by atoms with E-state index in [2.05, 4.69) is 39.9 Å². The van der Waals surface area contributed by atoms with Gasteiger partial charge in [0.05, 0.1) is 18.3 Å². The number of halogens is 1. The lowest BCUT2D eigenvalue weighted by Gasteiger charge is -2.22. The molecule has 0 spiro atoms. The molecule has 0 aliphatic carbocycles. The summed E-state index contributed by atoms with van der Waals surface area (Å²) in [5.74, 6) is 0.268. The molecule has 1 unspecified atom stereocenters. The number of carbonyl (C=O) groups excluding carboxylic acids is 1. The normalized spacial score (nSPS) is 17.5. The van der Waals surface area contributed by atoms with Crippen LogP contribution < -0.4 is 10.6 Å². The highest BCUT2D eigenvalue weighted by molar-refractivity contribution is 7.09. The Morgan fingerprint density at radius 1 is 1.54 bits per heavy atom. The van der Waals surface area contributed by atoms with Gasteiger partial charge in [-0.1, -0.05) is 13.8 Å². The monoisotopic (exact) mass is 369 g/mol. The highest BCUT2D eigenvalue weighted by Gasteiger charge is 2.17. The van der Waals surface area contributed by atoms with Crippen LogP contribution in [0.15, 0.2) is 17.6 Å². The van der Waals surface area contributed by atoms with Crippen molar-refractivity contribution in [1.29, 1.82) is 0 Å². The molecular weight excluding hydrogens is 346 g/mol. The van der Waals surface area contributed by atoms with Gasteiger partial charge in [0.15, 0.2) is 0 Å². The van der Waals surface area contributed by atoms with E-state index in [0.717, 1.165) is 36.6 Å². The van der Waals surface area contributed by atoms with Crippen LogP contribution >= 0.6 is 23.7 Å². The van der Waals surface area contributed by atoms with Crippen LogP contribution in [0.25, 0.3) is 0 Å². The Morgan fingerprint density at radius 2 is 2.38 bits per heavy atom. The van der Waals surface area contributed by atoms with E-state index in [1.807, 2.05) is 10.9 Å². The van der Waals surface area contributed by atoms with Gasteiger partial charge in [-0.05, 0) is 31.4 Å². The molecule has 0 radical (unpaired) electrons. The van der Waals surface area contributed by atoms with Gasteiger partial charge in [0.25, 0.3) is 5.91 Å². The first-order valence-corrected chi connectivity index (χ1v) is 9.00. The van der Waals surface area contributed by atoms with E-state index in [1.165, 1.54) is 0 Å².